The lowest BCUT2D eigenvalue weighted by atomic mass is 10.2. The van der Waals surface area contributed by atoms with Crippen molar-refractivity contribution in [1.82, 2.24) is 0 Å². The molecular formula is C13H18O5S. The zero-order valence-corrected chi connectivity index (χ0v) is 11.6. The summed E-state index contributed by atoms with van der Waals surface area (Å²) in [5.41, 5.74) is 1.04. The smallest absolute Gasteiger partial charge is 0.264 e. The topological polar surface area (TPSA) is 65.1 Å². The molecule has 1 saturated heterocycles. The molecule has 1 heterocycles. The van der Waals surface area contributed by atoms with Crippen molar-refractivity contribution in [2.24, 2.45) is 0 Å². The van der Waals surface area contributed by atoms with Crippen LogP contribution in [0, 0.1) is 0 Å². The SMILES string of the molecule is CS(=O)(=O)O[C@H](COCc1ccccc1)CC1CO1. The van der Waals surface area contributed by atoms with Crippen molar-refractivity contribution in [2.45, 2.75) is 25.2 Å². The molecule has 0 spiro atoms. The summed E-state index contributed by atoms with van der Waals surface area (Å²) in [5, 5.41) is 0. The van der Waals surface area contributed by atoms with E-state index in [0.29, 0.717) is 19.6 Å². The minimum atomic E-state index is -3.47. The maximum absolute atomic E-state index is 11.2. The molecule has 1 aliphatic heterocycles. The summed E-state index contributed by atoms with van der Waals surface area (Å²) in [7, 11) is -3.47. The average Bonchev–Trinajstić information content (AvgIpc) is 3.12. The van der Waals surface area contributed by atoms with Gasteiger partial charge in [-0.05, 0) is 5.56 Å². The lowest BCUT2D eigenvalue weighted by molar-refractivity contribution is 0.0375. The molecule has 0 bridgehead atoms. The van der Waals surface area contributed by atoms with E-state index in [0.717, 1.165) is 11.8 Å². The van der Waals surface area contributed by atoms with Gasteiger partial charge in [-0.3, -0.25) is 4.18 Å². The Morgan fingerprint density at radius 3 is 2.63 bits per heavy atom. The molecule has 5 nitrogen and oxygen atoms in total. The Morgan fingerprint density at radius 1 is 1.37 bits per heavy atom. The molecule has 1 unspecified atom stereocenters. The number of rotatable bonds is 8. The monoisotopic (exact) mass is 286 g/mol. The first-order chi connectivity index (χ1) is 9.03. The molecule has 2 atom stereocenters. The van der Waals surface area contributed by atoms with Gasteiger partial charge in [0, 0.05) is 6.42 Å². The van der Waals surface area contributed by atoms with Gasteiger partial charge in [-0.1, -0.05) is 30.3 Å². The van der Waals surface area contributed by atoms with E-state index in [4.69, 9.17) is 13.7 Å². The van der Waals surface area contributed by atoms with Crippen molar-refractivity contribution in [3.8, 4) is 0 Å². The summed E-state index contributed by atoms with van der Waals surface area (Å²) >= 11 is 0. The Labute approximate surface area is 113 Å². The zero-order valence-electron chi connectivity index (χ0n) is 10.8. The maximum atomic E-state index is 11.2. The van der Waals surface area contributed by atoms with Crippen LogP contribution in [0.4, 0.5) is 0 Å². The number of hydrogen-bond donors (Lipinski definition) is 0. The van der Waals surface area contributed by atoms with Crippen molar-refractivity contribution in [3.05, 3.63) is 35.9 Å². The predicted molar refractivity (Wildman–Crippen MR) is 70.2 cm³/mol. The van der Waals surface area contributed by atoms with Crippen LogP contribution >= 0.6 is 0 Å². The molecule has 1 aromatic rings. The molecule has 106 valence electrons. The van der Waals surface area contributed by atoms with Crippen molar-refractivity contribution < 1.29 is 22.1 Å². The van der Waals surface area contributed by atoms with Crippen LogP contribution in [0.25, 0.3) is 0 Å². The van der Waals surface area contributed by atoms with E-state index in [2.05, 4.69) is 0 Å². The molecule has 0 aliphatic carbocycles. The fourth-order valence-corrected chi connectivity index (χ4v) is 2.39. The van der Waals surface area contributed by atoms with Gasteiger partial charge in [0.1, 0.15) is 6.10 Å². The van der Waals surface area contributed by atoms with Crippen molar-refractivity contribution >= 4 is 10.1 Å². The van der Waals surface area contributed by atoms with Crippen molar-refractivity contribution in [1.29, 1.82) is 0 Å². The molecule has 0 amide bonds. The Kier molecular flexibility index (Phi) is 4.93. The standard InChI is InChI=1S/C13H18O5S/c1-19(14,15)18-13(7-12-10-17-12)9-16-8-11-5-3-2-4-6-11/h2-6,12-13H,7-10H2,1H3/t12?,13-/m0/s1. The van der Waals surface area contributed by atoms with Gasteiger partial charge in [0.25, 0.3) is 10.1 Å². The third-order valence-electron chi connectivity index (χ3n) is 2.65. The first kappa shape index (κ1) is 14.5. The Balaban J connectivity index is 1.78. The highest BCUT2D eigenvalue weighted by atomic mass is 32.2. The summed E-state index contributed by atoms with van der Waals surface area (Å²) in [6.45, 7) is 1.35. The summed E-state index contributed by atoms with van der Waals surface area (Å²) in [6.07, 6.45) is 1.21. The van der Waals surface area contributed by atoms with Crippen LogP contribution < -0.4 is 0 Å². The minimum Gasteiger partial charge on any atom is -0.374 e. The van der Waals surface area contributed by atoms with Gasteiger partial charge in [-0.2, -0.15) is 8.42 Å². The highest BCUT2D eigenvalue weighted by molar-refractivity contribution is 7.86. The van der Waals surface area contributed by atoms with Crippen molar-refractivity contribution in [3.63, 3.8) is 0 Å². The molecule has 2 rings (SSSR count). The quantitative estimate of drug-likeness (QED) is 0.533. The summed E-state index contributed by atoms with van der Waals surface area (Å²) in [4.78, 5) is 0. The van der Waals surface area contributed by atoms with Gasteiger partial charge >= 0.3 is 0 Å². The number of epoxide rings is 1. The molecule has 19 heavy (non-hydrogen) atoms. The number of benzene rings is 1. The molecule has 1 aliphatic rings. The largest absolute Gasteiger partial charge is 0.374 e. The second kappa shape index (κ2) is 6.47. The van der Waals surface area contributed by atoms with Crippen LogP contribution in [-0.4, -0.2) is 40.1 Å². The number of ether oxygens (including phenoxy) is 2. The van der Waals surface area contributed by atoms with E-state index in [-0.39, 0.29) is 12.7 Å². The highest BCUT2D eigenvalue weighted by Crippen LogP contribution is 2.19. The normalized spacial score (nSPS) is 20.2. The Morgan fingerprint density at radius 2 is 2.05 bits per heavy atom. The zero-order chi connectivity index (χ0) is 13.7. The fraction of sp³-hybridized carbons (Fsp3) is 0.538. The first-order valence-corrected chi connectivity index (χ1v) is 7.96. The summed E-state index contributed by atoms with van der Waals surface area (Å²) < 4.78 is 37.9. The van der Waals surface area contributed by atoms with Gasteiger partial charge < -0.3 is 9.47 Å². The van der Waals surface area contributed by atoms with E-state index in [1.54, 1.807) is 0 Å². The van der Waals surface area contributed by atoms with Crippen molar-refractivity contribution in [2.75, 3.05) is 19.5 Å². The third-order valence-corrected chi connectivity index (χ3v) is 3.28. The van der Waals surface area contributed by atoms with Gasteiger partial charge in [-0.15, -0.1) is 0 Å². The van der Waals surface area contributed by atoms with E-state index < -0.39 is 16.2 Å². The average molecular weight is 286 g/mol. The van der Waals surface area contributed by atoms with Gasteiger partial charge in [0.15, 0.2) is 0 Å². The molecular weight excluding hydrogens is 268 g/mol. The van der Waals surface area contributed by atoms with Crippen LogP contribution in [0.15, 0.2) is 30.3 Å². The third kappa shape index (κ3) is 6.15. The van der Waals surface area contributed by atoms with E-state index >= 15 is 0 Å². The van der Waals surface area contributed by atoms with Crippen LogP contribution in [0.1, 0.15) is 12.0 Å². The molecule has 1 aromatic carbocycles. The molecule has 0 aromatic heterocycles. The first-order valence-electron chi connectivity index (χ1n) is 6.14. The van der Waals surface area contributed by atoms with Crippen LogP contribution in [0.3, 0.4) is 0 Å². The van der Waals surface area contributed by atoms with Crippen LogP contribution in [0.2, 0.25) is 0 Å². The summed E-state index contributed by atoms with van der Waals surface area (Å²) in [6, 6.07) is 9.71. The lowest BCUT2D eigenvalue weighted by Crippen LogP contribution is -2.25. The van der Waals surface area contributed by atoms with E-state index in [9.17, 15) is 8.42 Å². The van der Waals surface area contributed by atoms with Crippen LogP contribution in [-0.2, 0) is 30.4 Å². The maximum Gasteiger partial charge on any atom is 0.264 e. The number of hydrogen-bond acceptors (Lipinski definition) is 5. The highest BCUT2D eigenvalue weighted by Gasteiger charge is 2.29. The fourth-order valence-electron chi connectivity index (χ4n) is 1.76. The predicted octanol–water partition coefficient (Wildman–Crippen LogP) is 1.34. The molecule has 0 saturated carbocycles. The summed E-state index contributed by atoms with van der Waals surface area (Å²) in [5.74, 6) is 0. The molecule has 0 N–H and O–H groups in total. The van der Waals surface area contributed by atoms with Gasteiger partial charge in [0.2, 0.25) is 0 Å². The van der Waals surface area contributed by atoms with E-state index in [1.807, 2.05) is 30.3 Å². The molecule has 1 fully saturated rings. The Hall–Kier alpha value is -0.950. The lowest BCUT2D eigenvalue weighted by Gasteiger charge is -2.15. The van der Waals surface area contributed by atoms with E-state index in [1.165, 1.54) is 0 Å². The molecule has 0 radical (unpaired) electrons. The van der Waals surface area contributed by atoms with Crippen LogP contribution in [0.5, 0.6) is 0 Å². The van der Waals surface area contributed by atoms with Gasteiger partial charge in [0.05, 0.1) is 32.2 Å². The molecule has 6 heteroatoms. The second-order valence-electron chi connectivity index (χ2n) is 4.61. The van der Waals surface area contributed by atoms with Gasteiger partial charge in [-0.25, -0.2) is 0 Å². The minimum absolute atomic E-state index is 0.104. The second-order valence-corrected chi connectivity index (χ2v) is 6.21. The Bertz CT molecular complexity index is 481.